The fraction of sp³-hybridized carbons (Fsp3) is 0.533. The molecule has 19 heavy (non-hydrogen) atoms. The first-order valence-electron chi connectivity index (χ1n) is 6.83. The molecule has 0 spiro atoms. The lowest BCUT2D eigenvalue weighted by molar-refractivity contribution is -0.122. The number of hydrogen-bond donors (Lipinski definition) is 3. The van der Waals surface area contributed by atoms with E-state index >= 15 is 0 Å². The topological polar surface area (TPSA) is 61.4 Å². The van der Waals surface area contributed by atoms with Gasteiger partial charge in [-0.3, -0.25) is 4.79 Å². The highest BCUT2D eigenvalue weighted by Gasteiger charge is 2.30. The number of benzene rings is 1. The molecular weight excluding hydrogens is 240 g/mol. The van der Waals surface area contributed by atoms with Gasteiger partial charge in [0.1, 0.15) is 0 Å². The molecule has 1 aromatic carbocycles. The lowest BCUT2D eigenvalue weighted by atomic mass is 10.0. The van der Waals surface area contributed by atoms with Gasteiger partial charge in [0.25, 0.3) is 0 Å². The molecule has 1 aliphatic rings. The molecule has 4 heteroatoms. The molecule has 3 N–H and O–H groups in total. The Morgan fingerprint density at radius 2 is 2.16 bits per heavy atom. The Bertz CT molecular complexity index is 422. The summed E-state index contributed by atoms with van der Waals surface area (Å²) in [6.07, 6.45) is 1.90. The fourth-order valence-electron chi connectivity index (χ4n) is 2.25. The number of nitrogens with one attached hydrogen (secondary N) is 2. The maximum Gasteiger partial charge on any atom is 0.220 e. The minimum Gasteiger partial charge on any atom is -0.387 e. The number of aryl methyl sites for hydroxylation is 2. The summed E-state index contributed by atoms with van der Waals surface area (Å²) in [6.45, 7) is 3.76. The molecule has 1 atom stereocenters. The lowest BCUT2D eigenvalue weighted by Gasteiger charge is -2.21. The van der Waals surface area contributed by atoms with Crippen molar-refractivity contribution in [3.05, 3.63) is 35.4 Å². The maximum absolute atomic E-state index is 11.7. The van der Waals surface area contributed by atoms with Crippen LogP contribution in [0.1, 0.15) is 24.0 Å². The first kappa shape index (κ1) is 14.0. The highest BCUT2D eigenvalue weighted by atomic mass is 16.3. The van der Waals surface area contributed by atoms with Gasteiger partial charge in [-0.15, -0.1) is 0 Å². The van der Waals surface area contributed by atoms with Gasteiger partial charge in [0, 0.05) is 19.5 Å². The summed E-state index contributed by atoms with van der Waals surface area (Å²) in [6, 6.07) is 8.22. The zero-order valence-electron chi connectivity index (χ0n) is 11.4. The second-order valence-electron chi connectivity index (χ2n) is 5.41. The van der Waals surface area contributed by atoms with Gasteiger partial charge in [0.15, 0.2) is 0 Å². The zero-order chi connectivity index (χ0) is 13.7. The van der Waals surface area contributed by atoms with Crippen molar-refractivity contribution in [1.29, 1.82) is 0 Å². The molecule has 1 aliphatic heterocycles. The number of rotatable bonds is 5. The van der Waals surface area contributed by atoms with E-state index in [1.54, 1.807) is 0 Å². The SMILES string of the molecule is Cc1ccc(CCC(=O)NCC2(O)CCNC2)cc1. The number of aliphatic hydroxyl groups is 1. The molecule has 0 saturated carbocycles. The molecule has 104 valence electrons. The summed E-state index contributed by atoms with van der Waals surface area (Å²) in [7, 11) is 0. The highest BCUT2D eigenvalue weighted by molar-refractivity contribution is 5.76. The summed E-state index contributed by atoms with van der Waals surface area (Å²) in [5.41, 5.74) is 1.63. The molecule has 1 amide bonds. The van der Waals surface area contributed by atoms with Gasteiger partial charge in [-0.05, 0) is 31.9 Å². The van der Waals surface area contributed by atoms with Crippen LogP contribution in [0, 0.1) is 6.92 Å². The van der Waals surface area contributed by atoms with Crippen molar-refractivity contribution in [2.75, 3.05) is 19.6 Å². The van der Waals surface area contributed by atoms with E-state index in [2.05, 4.69) is 34.9 Å². The summed E-state index contributed by atoms with van der Waals surface area (Å²) < 4.78 is 0. The number of carbonyl (C=O) groups is 1. The average molecular weight is 262 g/mol. The quantitative estimate of drug-likeness (QED) is 0.734. The summed E-state index contributed by atoms with van der Waals surface area (Å²) in [4.78, 5) is 11.7. The lowest BCUT2D eigenvalue weighted by Crippen LogP contribution is -2.44. The molecule has 4 nitrogen and oxygen atoms in total. The van der Waals surface area contributed by atoms with E-state index in [0.29, 0.717) is 25.9 Å². The van der Waals surface area contributed by atoms with Crippen LogP contribution in [0.2, 0.25) is 0 Å². The number of β-amino-alcohol motifs (C(OH)–C–C–N with tert-alkyl or cyclic N) is 1. The Balaban J connectivity index is 1.71. The van der Waals surface area contributed by atoms with Crippen molar-refractivity contribution >= 4 is 5.91 Å². The molecule has 2 rings (SSSR count). The van der Waals surface area contributed by atoms with Crippen molar-refractivity contribution < 1.29 is 9.90 Å². The van der Waals surface area contributed by atoms with Gasteiger partial charge in [-0.2, -0.15) is 0 Å². The first-order chi connectivity index (χ1) is 9.07. The molecule has 1 fully saturated rings. The minimum atomic E-state index is -0.764. The maximum atomic E-state index is 11.7. The Kier molecular flexibility index (Phi) is 4.56. The summed E-state index contributed by atoms with van der Waals surface area (Å²) >= 11 is 0. The van der Waals surface area contributed by atoms with Gasteiger partial charge in [-0.1, -0.05) is 29.8 Å². The average Bonchev–Trinajstić information content (AvgIpc) is 2.83. The Hall–Kier alpha value is -1.39. The Morgan fingerprint density at radius 1 is 1.42 bits per heavy atom. The Morgan fingerprint density at radius 3 is 2.79 bits per heavy atom. The van der Waals surface area contributed by atoms with E-state index in [4.69, 9.17) is 0 Å². The third kappa shape index (κ3) is 4.33. The van der Waals surface area contributed by atoms with E-state index in [9.17, 15) is 9.90 Å². The van der Waals surface area contributed by atoms with E-state index in [-0.39, 0.29) is 5.91 Å². The van der Waals surface area contributed by atoms with E-state index in [0.717, 1.165) is 13.0 Å². The molecular formula is C15H22N2O2. The second kappa shape index (κ2) is 6.17. The van der Waals surface area contributed by atoms with Crippen LogP contribution in [0.25, 0.3) is 0 Å². The molecule has 1 heterocycles. The van der Waals surface area contributed by atoms with Crippen LogP contribution in [0.5, 0.6) is 0 Å². The van der Waals surface area contributed by atoms with Crippen molar-refractivity contribution in [3.8, 4) is 0 Å². The van der Waals surface area contributed by atoms with Crippen molar-refractivity contribution in [2.24, 2.45) is 0 Å². The van der Waals surface area contributed by atoms with E-state index in [1.807, 2.05) is 6.92 Å². The number of amides is 1. The normalized spacial score (nSPS) is 22.4. The molecule has 0 aromatic heterocycles. The predicted molar refractivity (Wildman–Crippen MR) is 74.9 cm³/mol. The first-order valence-corrected chi connectivity index (χ1v) is 6.83. The van der Waals surface area contributed by atoms with Crippen molar-refractivity contribution in [1.82, 2.24) is 10.6 Å². The smallest absolute Gasteiger partial charge is 0.220 e. The third-order valence-corrected chi connectivity index (χ3v) is 3.60. The largest absolute Gasteiger partial charge is 0.387 e. The van der Waals surface area contributed by atoms with Gasteiger partial charge >= 0.3 is 0 Å². The standard InChI is InChI=1S/C15H22N2O2/c1-12-2-4-13(5-3-12)6-7-14(18)17-11-15(19)8-9-16-10-15/h2-5,16,19H,6-11H2,1H3,(H,17,18). The zero-order valence-corrected chi connectivity index (χ0v) is 11.4. The van der Waals surface area contributed by atoms with Gasteiger partial charge in [-0.25, -0.2) is 0 Å². The van der Waals surface area contributed by atoms with Crippen LogP contribution in [0.15, 0.2) is 24.3 Å². The van der Waals surface area contributed by atoms with Crippen molar-refractivity contribution in [2.45, 2.75) is 31.8 Å². The number of hydrogen-bond acceptors (Lipinski definition) is 3. The monoisotopic (exact) mass is 262 g/mol. The van der Waals surface area contributed by atoms with Crippen LogP contribution in [0.4, 0.5) is 0 Å². The third-order valence-electron chi connectivity index (χ3n) is 3.60. The van der Waals surface area contributed by atoms with Gasteiger partial charge in [0.2, 0.25) is 5.91 Å². The van der Waals surface area contributed by atoms with Crippen LogP contribution < -0.4 is 10.6 Å². The van der Waals surface area contributed by atoms with Crippen LogP contribution in [-0.4, -0.2) is 36.2 Å². The predicted octanol–water partition coefficient (Wildman–Crippen LogP) is 0.768. The molecule has 0 aliphatic carbocycles. The fourth-order valence-corrected chi connectivity index (χ4v) is 2.25. The minimum absolute atomic E-state index is 0.000833. The van der Waals surface area contributed by atoms with Gasteiger partial charge in [0.05, 0.1) is 5.60 Å². The van der Waals surface area contributed by atoms with Crippen LogP contribution >= 0.6 is 0 Å². The summed E-state index contributed by atoms with van der Waals surface area (Å²) in [5, 5.41) is 16.0. The second-order valence-corrected chi connectivity index (χ2v) is 5.41. The Labute approximate surface area is 114 Å². The van der Waals surface area contributed by atoms with Crippen LogP contribution in [-0.2, 0) is 11.2 Å². The molecule has 0 radical (unpaired) electrons. The van der Waals surface area contributed by atoms with Gasteiger partial charge < -0.3 is 15.7 Å². The molecule has 1 saturated heterocycles. The molecule has 1 aromatic rings. The molecule has 0 bridgehead atoms. The van der Waals surface area contributed by atoms with E-state index < -0.39 is 5.60 Å². The highest BCUT2D eigenvalue weighted by Crippen LogP contribution is 2.12. The summed E-state index contributed by atoms with van der Waals surface area (Å²) in [5.74, 6) is 0.000833. The van der Waals surface area contributed by atoms with Crippen molar-refractivity contribution in [3.63, 3.8) is 0 Å². The number of carbonyl (C=O) groups excluding carboxylic acids is 1. The van der Waals surface area contributed by atoms with Crippen LogP contribution in [0.3, 0.4) is 0 Å². The van der Waals surface area contributed by atoms with E-state index in [1.165, 1.54) is 11.1 Å². The molecule has 1 unspecified atom stereocenters.